The molecule has 0 aliphatic carbocycles. The first-order chi connectivity index (χ1) is 7.61. The van der Waals surface area contributed by atoms with Crippen molar-refractivity contribution in [1.29, 1.82) is 0 Å². The van der Waals surface area contributed by atoms with E-state index in [1.54, 1.807) is 11.0 Å². The molecule has 0 saturated heterocycles. The van der Waals surface area contributed by atoms with Gasteiger partial charge in [0.05, 0.1) is 12.0 Å². The molecule has 4 nitrogen and oxygen atoms in total. The lowest BCUT2D eigenvalue weighted by molar-refractivity contribution is -0.142. The number of hydrogen-bond acceptors (Lipinski definition) is 3. The Morgan fingerprint density at radius 1 is 1.50 bits per heavy atom. The summed E-state index contributed by atoms with van der Waals surface area (Å²) in [5.41, 5.74) is 5.24. The van der Waals surface area contributed by atoms with Crippen molar-refractivity contribution >= 4 is 5.91 Å². The SMILES string of the molecule is C=CCN(CCO)C(=O)C(CC)(CC)CN. The number of aliphatic hydroxyl groups is 1. The van der Waals surface area contributed by atoms with Crippen molar-refractivity contribution in [2.75, 3.05) is 26.2 Å². The lowest BCUT2D eigenvalue weighted by atomic mass is 9.81. The molecule has 3 N–H and O–H groups in total. The van der Waals surface area contributed by atoms with Gasteiger partial charge in [-0.3, -0.25) is 4.79 Å². The number of hydrogen-bond donors (Lipinski definition) is 2. The molecule has 0 saturated carbocycles. The van der Waals surface area contributed by atoms with Crippen LogP contribution in [0.1, 0.15) is 26.7 Å². The molecule has 0 atom stereocenters. The normalized spacial score (nSPS) is 11.2. The minimum atomic E-state index is -0.488. The van der Waals surface area contributed by atoms with Gasteiger partial charge in [-0.05, 0) is 12.8 Å². The molecule has 16 heavy (non-hydrogen) atoms. The van der Waals surface area contributed by atoms with Gasteiger partial charge in [-0.1, -0.05) is 19.9 Å². The van der Waals surface area contributed by atoms with E-state index in [0.29, 0.717) is 19.6 Å². The molecule has 0 rings (SSSR count). The molecule has 94 valence electrons. The van der Waals surface area contributed by atoms with Crippen molar-refractivity contribution in [3.05, 3.63) is 12.7 Å². The molecular formula is C12H24N2O2. The average Bonchev–Trinajstić information content (AvgIpc) is 2.31. The monoisotopic (exact) mass is 228 g/mol. The number of aliphatic hydroxyl groups excluding tert-OH is 1. The van der Waals surface area contributed by atoms with Gasteiger partial charge in [0.2, 0.25) is 5.91 Å². The molecule has 0 unspecified atom stereocenters. The molecule has 0 aromatic heterocycles. The zero-order valence-corrected chi connectivity index (χ0v) is 10.4. The molecule has 0 bridgehead atoms. The van der Waals surface area contributed by atoms with Crippen LogP contribution in [0.3, 0.4) is 0 Å². The first-order valence-electron chi connectivity index (χ1n) is 5.83. The summed E-state index contributed by atoms with van der Waals surface area (Å²) in [5, 5.41) is 8.94. The van der Waals surface area contributed by atoms with Crippen LogP contribution in [0.4, 0.5) is 0 Å². The molecule has 0 fully saturated rings. The predicted molar refractivity (Wildman–Crippen MR) is 65.9 cm³/mol. The molecule has 0 heterocycles. The molecular weight excluding hydrogens is 204 g/mol. The van der Waals surface area contributed by atoms with Crippen LogP contribution in [0.25, 0.3) is 0 Å². The minimum absolute atomic E-state index is 0.0222. The zero-order valence-electron chi connectivity index (χ0n) is 10.4. The molecule has 0 aromatic carbocycles. The van der Waals surface area contributed by atoms with E-state index >= 15 is 0 Å². The third-order valence-corrected chi connectivity index (χ3v) is 3.20. The molecule has 0 aromatic rings. The maximum atomic E-state index is 12.3. The number of carbonyl (C=O) groups is 1. The Morgan fingerprint density at radius 3 is 2.38 bits per heavy atom. The number of amides is 1. The molecule has 4 heteroatoms. The van der Waals surface area contributed by atoms with Gasteiger partial charge >= 0.3 is 0 Å². The van der Waals surface area contributed by atoms with Gasteiger partial charge < -0.3 is 15.7 Å². The second-order valence-electron chi connectivity index (χ2n) is 3.96. The largest absolute Gasteiger partial charge is 0.395 e. The Balaban J connectivity index is 4.85. The van der Waals surface area contributed by atoms with E-state index in [0.717, 1.165) is 12.8 Å². The first-order valence-corrected chi connectivity index (χ1v) is 5.83. The number of nitrogens with zero attached hydrogens (tertiary/aromatic N) is 1. The van der Waals surface area contributed by atoms with Crippen LogP contribution in [0.2, 0.25) is 0 Å². The summed E-state index contributed by atoms with van der Waals surface area (Å²) >= 11 is 0. The lowest BCUT2D eigenvalue weighted by Crippen LogP contribution is -2.48. The van der Waals surface area contributed by atoms with E-state index in [1.165, 1.54) is 0 Å². The van der Waals surface area contributed by atoms with Crippen LogP contribution in [0, 0.1) is 5.41 Å². The highest BCUT2D eigenvalue weighted by Crippen LogP contribution is 2.27. The minimum Gasteiger partial charge on any atom is -0.395 e. The fourth-order valence-electron chi connectivity index (χ4n) is 1.82. The molecule has 0 aliphatic heterocycles. The summed E-state index contributed by atoms with van der Waals surface area (Å²) in [5.74, 6) is 0.0222. The Hall–Kier alpha value is -0.870. The molecule has 1 amide bonds. The van der Waals surface area contributed by atoms with Gasteiger partial charge in [0.1, 0.15) is 0 Å². The van der Waals surface area contributed by atoms with Crippen molar-refractivity contribution in [2.45, 2.75) is 26.7 Å². The van der Waals surface area contributed by atoms with E-state index in [4.69, 9.17) is 10.8 Å². The van der Waals surface area contributed by atoms with Crippen LogP contribution < -0.4 is 5.73 Å². The Kier molecular flexibility index (Phi) is 7.01. The van der Waals surface area contributed by atoms with Gasteiger partial charge in [0, 0.05) is 19.6 Å². The van der Waals surface area contributed by atoms with E-state index in [9.17, 15) is 4.79 Å². The van der Waals surface area contributed by atoms with Crippen molar-refractivity contribution in [1.82, 2.24) is 4.90 Å². The number of rotatable bonds is 8. The second-order valence-corrected chi connectivity index (χ2v) is 3.96. The van der Waals surface area contributed by atoms with Gasteiger partial charge in [-0.2, -0.15) is 0 Å². The maximum absolute atomic E-state index is 12.3. The summed E-state index contributed by atoms with van der Waals surface area (Å²) < 4.78 is 0. The number of carbonyl (C=O) groups excluding carboxylic acids is 1. The number of nitrogens with two attached hydrogens (primary N) is 1. The quantitative estimate of drug-likeness (QED) is 0.603. The van der Waals surface area contributed by atoms with E-state index in [2.05, 4.69) is 6.58 Å². The Labute approximate surface area is 98.1 Å². The van der Waals surface area contributed by atoms with Crippen molar-refractivity contribution in [3.63, 3.8) is 0 Å². The highest BCUT2D eigenvalue weighted by Gasteiger charge is 2.36. The van der Waals surface area contributed by atoms with Crippen LogP contribution >= 0.6 is 0 Å². The van der Waals surface area contributed by atoms with Crippen LogP contribution in [-0.2, 0) is 4.79 Å². The summed E-state index contributed by atoms with van der Waals surface area (Å²) in [6.45, 7) is 8.67. The van der Waals surface area contributed by atoms with Gasteiger partial charge in [-0.15, -0.1) is 6.58 Å². The molecule has 0 radical (unpaired) electrons. The van der Waals surface area contributed by atoms with Crippen LogP contribution in [0.15, 0.2) is 12.7 Å². The van der Waals surface area contributed by atoms with E-state index in [1.807, 2.05) is 13.8 Å². The highest BCUT2D eigenvalue weighted by molar-refractivity contribution is 5.83. The Bertz CT molecular complexity index is 217. The topological polar surface area (TPSA) is 66.6 Å². The fourth-order valence-corrected chi connectivity index (χ4v) is 1.82. The van der Waals surface area contributed by atoms with E-state index < -0.39 is 5.41 Å². The zero-order chi connectivity index (χ0) is 12.6. The first kappa shape index (κ1) is 15.1. The molecule has 0 spiro atoms. The summed E-state index contributed by atoms with van der Waals surface area (Å²) in [4.78, 5) is 13.9. The van der Waals surface area contributed by atoms with Crippen molar-refractivity contribution in [2.24, 2.45) is 11.1 Å². The predicted octanol–water partition coefficient (Wildman–Crippen LogP) is 0.758. The third kappa shape index (κ3) is 3.32. The third-order valence-electron chi connectivity index (χ3n) is 3.20. The van der Waals surface area contributed by atoms with Crippen LogP contribution in [-0.4, -0.2) is 42.2 Å². The second kappa shape index (κ2) is 7.41. The van der Waals surface area contributed by atoms with Crippen LogP contribution in [0.5, 0.6) is 0 Å². The van der Waals surface area contributed by atoms with Gasteiger partial charge in [-0.25, -0.2) is 0 Å². The fraction of sp³-hybridized carbons (Fsp3) is 0.750. The lowest BCUT2D eigenvalue weighted by Gasteiger charge is -2.34. The standard InChI is InChI=1S/C12H24N2O2/c1-4-7-14(8-9-15)11(16)12(5-2,6-3)10-13/h4,15H,1,5-10,13H2,2-3H3. The summed E-state index contributed by atoms with van der Waals surface area (Å²) in [6.07, 6.45) is 3.11. The smallest absolute Gasteiger partial charge is 0.230 e. The average molecular weight is 228 g/mol. The highest BCUT2D eigenvalue weighted by atomic mass is 16.3. The molecule has 0 aliphatic rings. The summed E-state index contributed by atoms with van der Waals surface area (Å²) in [7, 11) is 0. The Morgan fingerprint density at radius 2 is 2.06 bits per heavy atom. The van der Waals surface area contributed by atoms with Gasteiger partial charge in [0.25, 0.3) is 0 Å². The van der Waals surface area contributed by atoms with Crippen molar-refractivity contribution in [3.8, 4) is 0 Å². The summed E-state index contributed by atoms with van der Waals surface area (Å²) in [6, 6.07) is 0. The van der Waals surface area contributed by atoms with Gasteiger partial charge in [0.15, 0.2) is 0 Å². The van der Waals surface area contributed by atoms with Crippen molar-refractivity contribution < 1.29 is 9.90 Å². The maximum Gasteiger partial charge on any atom is 0.230 e. The van der Waals surface area contributed by atoms with E-state index in [-0.39, 0.29) is 12.5 Å².